The molecule has 3 amide bonds. The van der Waals surface area contributed by atoms with Gasteiger partial charge in [0.2, 0.25) is 17.7 Å². The average Bonchev–Trinajstić information content (AvgIpc) is 3.90. The van der Waals surface area contributed by atoms with Crippen LogP contribution in [-0.4, -0.2) is 80.2 Å². The highest BCUT2D eigenvalue weighted by atomic mass is 35.5. The summed E-state index contributed by atoms with van der Waals surface area (Å²) in [5.74, 6) is -0.630. The lowest BCUT2D eigenvalue weighted by Crippen LogP contribution is -2.57. The van der Waals surface area contributed by atoms with E-state index in [-0.39, 0.29) is 35.6 Å². The first-order valence-electron chi connectivity index (χ1n) is 20.3. The number of likely N-dealkylation sites (N-methyl/N-ethyl adjacent to an activating group) is 1. The third kappa shape index (κ3) is 10.4. The largest absolute Gasteiger partial charge is 0.361 e. The SMILES string of the molecule is CN1C(=O)[C@H](CCCCN)NC(=O)[C@H](CCCN)NCc2cccnc2Sc2c(Cl)ccc(-c3ccc(-c4nsc(=O)[nH]4)cc3)c2CNC(=O)[C@@H]1Cc1c[nH]c2ccccc12. The number of rotatable bonds is 11. The number of benzene rings is 3. The summed E-state index contributed by atoms with van der Waals surface area (Å²) in [7, 11) is 1.62. The number of hydrogen-bond acceptors (Lipinski definition) is 11. The summed E-state index contributed by atoms with van der Waals surface area (Å²) in [5.41, 5.74) is 17.5. The first-order valence-corrected chi connectivity index (χ1v) is 22.2. The normalized spacial score (nSPS) is 18.0. The van der Waals surface area contributed by atoms with Gasteiger partial charge in [-0.2, -0.15) is 4.37 Å². The van der Waals surface area contributed by atoms with Crippen LogP contribution < -0.4 is 32.3 Å². The van der Waals surface area contributed by atoms with Crippen molar-refractivity contribution in [2.75, 3.05) is 20.1 Å². The van der Waals surface area contributed by atoms with E-state index in [0.29, 0.717) is 72.5 Å². The lowest BCUT2D eigenvalue weighted by molar-refractivity contribution is -0.142. The van der Waals surface area contributed by atoms with Crippen molar-refractivity contribution in [3.05, 3.63) is 117 Å². The van der Waals surface area contributed by atoms with E-state index in [1.165, 1.54) is 16.7 Å². The fourth-order valence-electron chi connectivity index (χ4n) is 7.58. The van der Waals surface area contributed by atoms with Crippen LogP contribution in [0, 0.1) is 0 Å². The number of H-pyrrole nitrogens is 2. The first kappa shape index (κ1) is 43.7. The summed E-state index contributed by atoms with van der Waals surface area (Å²) < 4.78 is 4.23. The molecule has 3 aromatic heterocycles. The Balaban J connectivity index is 1.33. The highest BCUT2D eigenvalue weighted by Crippen LogP contribution is 2.41. The minimum absolute atomic E-state index is 0.0584. The second-order valence-corrected chi connectivity index (χ2v) is 17.1. The van der Waals surface area contributed by atoms with Crippen molar-refractivity contribution in [3.8, 4) is 22.5 Å². The molecule has 1 aliphatic rings. The lowest BCUT2D eigenvalue weighted by Gasteiger charge is -2.32. The number of nitrogens with two attached hydrogens (primary N) is 2. The van der Waals surface area contributed by atoms with Crippen LogP contribution >= 0.6 is 34.9 Å². The molecule has 0 bridgehead atoms. The van der Waals surface area contributed by atoms with E-state index >= 15 is 0 Å². The number of carbonyl (C=O) groups excluding carboxylic acids is 3. The molecule has 0 saturated heterocycles. The van der Waals surface area contributed by atoms with E-state index < -0.39 is 18.1 Å². The van der Waals surface area contributed by atoms with E-state index in [2.05, 4.69) is 30.3 Å². The molecule has 0 radical (unpaired) electrons. The van der Waals surface area contributed by atoms with Crippen molar-refractivity contribution in [3.63, 3.8) is 0 Å². The topological polar surface area (TPSA) is 217 Å². The van der Waals surface area contributed by atoms with Crippen LogP contribution in [-0.2, 0) is 33.9 Å². The van der Waals surface area contributed by atoms with Gasteiger partial charge in [0.25, 0.3) is 0 Å². The van der Waals surface area contributed by atoms with E-state index in [4.69, 9.17) is 28.1 Å². The molecule has 1 aliphatic heterocycles. The number of para-hydroxylation sites is 1. The Morgan fingerprint density at radius 3 is 2.39 bits per heavy atom. The Morgan fingerprint density at radius 1 is 0.852 bits per heavy atom. The molecule has 0 unspecified atom stereocenters. The van der Waals surface area contributed by atoms with Gasteiger partial charge >= 0.3 is 4.87 Å². The molecule has 14 nitrogen and oxygen atoms in total. The quantitative estimate of drug-likeness (QED) is 0.0828. The average molecular weight is 882 g/mol. The molecular weight excluding hydrogens is 832 g/mol. The summed E-state index contributed by atoms with van der Waals surface area (Å²) in [5, 5.41) is 11.7. The number of hydrogen-bond donors (Lipinski definition) is 7. The zero-order chi connectivity index (χ0) is 42.9. The van der Waals surface area contributed by atoms with Gasteiger partial charge in [-0.1, -0.05) is 78.0 Å². The third-order valence-electron chi connectivity index (χ3n) is 10.9. The van der Waals surface area contributed by atoms with Crippen LogP contribution in [0.1, 0.15) is 48.8 Å². The number of nitrogens with zero attached hydrogens (tertiary/aromatic N) is 3. The Hall–Kier alpha value is -5.36. The fraction of sp³-hybridized carbons (Fsp3) is 0.318. The first-order chi connectivity index (χ1) is 29.6. The van der Waals surface area contributed by atoms with Crippen molar-refractivity contribution in [2.24, 2.45) is 11.5 Å². The fourth-order valence-corrected chi connectivity index (χ4v) is 9.38. The number of unbranched alkanes of at least 4 members (excludes halogenated alkanes) is 1. The molecule has 0 spiro atoms. The molecule has 3 atom stereocenters. The minimum atomic E-state index is -0.969. The number of halogens is 1. The van der Waals surface area contributed by atoms with Gasteiger partial charge in [-0.15, -0.1) is 0 Å². The van der Waals surface area contributed by atoms with Gasteiger partial charge in [0.15, 0.2) is 5.82 Å². The van der Waals surface area contributed by atoms with Gasteiger partial charge in [-0.05, 0) is 91.2 Å². The number of aromatic nitrogens is 4. The van der Waals surface area contributed by atoms with Crippen LogP contribution in [0.3, 0.4) is 0 Å². The molecule has 0 saturated carbocycles. The van der Waals surface area contributed by atoms with Gasteiger partial charge in [-0.3, -0.25) is 24.2 Å². The monoisotopic (exact) mass is 880 g/mol. The molecule has 17 heteroatoms. The van der Waals surface area contributed by atoms with Gasteiger partial charge < -0.3 is 37.3 Å². The van der Waals surface area contributed by atoms with Crippen LogP contribution in [0.15, 0.2) is 99.9 Å². The van der Waals surface area contributed by atoms with E-state index in [9.17, 15) is 19.2 Å². The Kier molecular flexibility index (Phi) is 14.7. The maximum Gasteiger partial charge on any atom is 0.323 e. The van der Waals surface area contributed by atoms with E-state index in [0.717, 1.165) is 55.8 Å². The summed E-state index contributed by atoms with van der Waals surface area (Å²) in [6, 6.07) is 20.4. The number of carbonyl (C=O) groups is 3. The molecule has 4 heterocycles. The van der Waals surface area contributed by atoms with Crippen LogP contribution in [0.2, 0.25) is 5.02 Å². The summed E-state index contributed by atoms with van der Waals surface area (Å²) >= 11 is 9.31. The summed E-state index contributed by atoms with van der Waals surface area (Å²) in [4.78, 5) is 68.2. The number of nitrogens with one attached hydrogen (secondary N) is 5. The Bertz CT molecular complexity index is 2540. The van der Waals surface area contributed by atoms with E-state index in [1.54, 1.807) is 13.2 Å². The maximum absolute atomic E-state index is 14.8. The van der Waals surface area contributed by atoms with Gasteiger partial charge in [0.05, 0.1) is 11.1 Å². The van der Waals surface area contributed by atoms with Crippen molar-refractivity contribution < 1.29 is 14.4 Å². The van der Waals surface area contributed by atoms with Crippen molar-refractivity contribution in [1.29, 1.82) is 0 Å². The number of aromatic amines is 2. The molecule has 6 aromatic rings. The Labute approximate surface area is 366 Å². The zero-order valence-electron chi connectivity index (χ0n) is 33.7. The van der Waals surface area contributed by atoms with Gasteiger partial charge in [0.1, 0.15) is 17.1 Å². The summed E-state index contributed by atoms with van der Waals surface area (Å²) in [6.07, 6.45) is 6.38. The predicted octanol–water partition coefficient (Wildman–Crippen LogP) is 5.36. The minimum Gasteiger partial charge on any atom is -0.361 e. The van der Waals surface area contributed by atoms with E-state index in [1.807, 2.05) is 79.0 Å². The Morgan fingerprint density at radius 2 is 1.62 bits per heavy atom. The van der Waals surface area contributed by atoms with Crippen molar-refractivity contribution in [1.82, 2.24) is 40.2 Å². The highest BCUT2D eigenvalue weighted by molar-refractivity contribution is 7.99. The van der Waals surface area contributed by atoms with Crippen LogP contribution in [0.25, 0.3) is 33.4 Å². The standard InChI is InChI=1S/C44H49ClN10O4S2/c1-55-37(22-29-24-49-34-10-3-2-9-31(29)34)41(57)51-25-32-30(26-13-15-27(16-14-26)39-53-44(59)61-54-39)17-18-33(45)38(32)60-42-28(8-7-21-48-42)23-50-35(12-6-20-47)40(56)52-36(43(55)58)11-4-5-19-46/h2-3,7-10,13-18,21,24,35-37,49-50H,4-6,11-12,19-20,22-23,25,46-47H2,1H3,(H,51,57)(H,52,56)(H,53,54,59)/t35-,36-,37-/m0/s1. The van der Waals surface area contributed by atoms with Gasteiger partial charge in [0, 0.05) is 71.8 Å². The second-order valence-electron chi connectivity index (χ2n) is 14.9. The molecule has 318 valence electrons. The predicted molar refractivity (Wildman–Crippen MR) is 241 cm³/mol. The zero-order valence-corrected chi connectivity index (χ0v) is 36.1. The van der Waals surface area contributed by atoms with Gasteiger partial charge in [-0.25, -0.2) is 4.98 Å². The van der Waals surface area contributed by atoms with Crippen molar-refractivity contribution in [2.45, 2.75) is 79.7 Å². The molecule has 3 aromatic carbocycles. The molecule has 0 aliphatic carbocycles. The molecular formula is C44H49ClN10O4S2. The second kappa shape index (κ2) is 20.5. The molecule has 7 rings (SSSR count). The maximum atomic E-state index is 14.8. The molecule has 61 heavy (non-hydrogen) atoms. The van der Waals surface area contributed by atoms with Crippen LogP contribution in [0.4, 0.5) is 0 Å². The third-order valence-corrected chi connectivity index (χ3v) is 13.1. The number of fused-ring (bicyclic) bond motifs is 3. The number of pyridine rings is 1. The molecule has 0 fully saturated rings. The summed E-state index contributed by atoms with van der Waals surface area (Å²) in [6.45, 7) is 1.17. The number of amides is 3. The molecule has 9 N–H and O–H groups in total. The smallest absolute Gasteiger partial charge is 0.323 e. The highest BCUT2D eigenvalue weighted by Gasteiger charge is 2.34. The lowest BCUT2D eigenvalue weighted by atomic mass is 9.97. The van der Waals surface area contributed by atoms with Crippen molar-refractivity contribution >= 4 is 63.5 Å². The van der Waals surface area contributed by atoms with Crippen LogP contribution in [0.5, 0.6) is 0 Å².